The summed E-state index contributed by atoms with van der Waals surface area (Å²) in [5.41, 5.74) is 0.626. The summed E-state index contributed by atoms with van der Waals surface area (Å²) in [6, 6.07) is 8.42. The van der Waals surface area contributed by atoms with Crippen LogP contribution in [0.2, 0.25) is 5.02 Å². The average Bonchev–Trinajstić information content (AvgIpc) is 2.86. The molecule has 2 aromatic rings. The van der Waals surface area contributed by atoms with E-state index in [0.717, 1.165) is 18.7 Å². The largest absolute Gasteiger partial charge is 0.461 e. The summed E-state index contributed by atoms with van der Waals surface area (Å²) in [5.74, 6) is 1.47. The third kappa shape index (κ3) is 3.83. The first-order chi connectivity index (χ1) is 10.0. The number of hydrogen-bond acceptors (Lipinski definition) is 4. The predicted octanol–water partition coefficient (Wildman–Crippen LogP) is 4.05. The molecule has 1 heterocycles. The molecule has 6 heteroatoms. The first-order valence-corrected chi connectivity index (χ1v) is 7.15. The predicted molar refractivity (Wildman–Crippen MR) is 82.7 cm³/mol. The average molecular weight is 309 g/mol. The number of nitrogens with zero attached hydrogens (tertiary/aromatic N) is 1. The van der Waals surface area contributed by atoms with Gasteiger partial charge in [-0.3, -0.25) is 10.1 Å². The highest BCUT2D eigenvalue weighted by molar-refractivity contribution is 6.33. The zero-order valence-corrected chi connectivity index (χ0v) is 12.7. The minimum Gasteiger partial charge on any atom is -0.461 e. The van der Waals surface area contributed by atoms with Crippen LogP contribution in [0.4, 0.5) is 5.69 Å². The summed E-state index contributed by atoms with van der Waals surface area (Å²) in [6.07, 6.45) is 0.776. The van der Waals surface area contributed by atoms with Crippen LogP contribution in [0.25, 0.3) is 11.3 Å². The van der Waals surface area contributed by atoms with Crippen molar-refractivity contribution in [1.29, 1.82) is 0 Å². The first-order valence-electron chi connectivity index (χ1n) is 6.77. The lowest BCUT2D eigenvalue weighted by Crippen LogP contribution is -2.27. The third-order valence-electron chi connectivity index (χ3n) is 3.15. The van der Waals surface area contributed by atoms with Gasteiger partial charge in [-0.2, -0.15) is 0 Å². The van der Waals surface area contributed by atoms with E-state index in [-0.39, 0.29) is 5.69 Å². The van der Waals surface area contributed by atoms with Crippen molar-refractivity contribution in [2.75, 3.05) is 6.54 Å². The van der Waals surface area contributed by atoms with Gasteiger partial charge in [0.1, 0.15) is 11.5 Å². The van der Waals surface area contributed by atoms with Gasteiger partial charge in [0.2, 0.25) is 0 Å². The fourth-order valence-corrected chi connectivity index (χ4v) is 2.44. The molecular weight excluding hydrogens is 292 g/mol. The van der Waals surface area contributed by atoms with Crippen molar-refractivity contribution in [3.05, 3.63) is 51.2 Å². The molecule has 5 nitrogen and oxygen atoms in total. The number of non-ortho nitro benzene ring substituents is 1. The number of nitro benzene ring substituents is 1. The highest BCUT2D eigenvalue weighted by Crippen LogP contribution is 2.32. The smallest absolute Gasteiger partial charge is 0.270 e. The van der Waals surface area contributed by atoms with Gasteiger partial charge < -0.3 is 9.73 Å². The molecule has 0 spiro atoms. The number of nitro groups is 1. The van der Waals surface area contributed by atoms with E-state index in [1.54, 1.807) is 6.07 Å². The Morgan fingerprint density at radius 3 is 2.76 bits per heavy atom. The highest BCUT2D eigenvalue weighted by Gasteiger charge is 2.14. The number of hydrogen-bond donors (Lipinski definition) is 1. The molecule has 1 N–H and O–H groups in total. The summed E-state index contributed by atoms with van der Waals surface area (Å²) < 4.78 is 5.77. The van der Waals surface area contributed by atoms with Crippen molar-refractivity contribution in [1.82, 2.24) is 5.32 Å². The second kappa shape index (κ2) is 6.74. The molecule has 0 radical (unpaired) electrons. The monoisotopic (exact) mass is 308 g/mol. The van der Waals surface area contributed by atoms with E-state index in [4.69, 9.17) is 16.0 Å². The number of furan rings is 1. The van der Waals surface area contributed by atoms with Crippen molar-refractivity contribution in [2.24, 2.45) is 0 Å². The highest BCUT2D eigenvalue weighted by atomic mass is 35.5. The van der Waals surface area contributed by atoms with Gasteiger partial charge in [0.25, 0.3) is 5.69 Å². The lowest BCUT2D eigenvalue weighted by molar-refractivity contribution is -0.384. The maximum absolute atomic E-state index is 10.7. The number of rotatable bonds is 6. The molecule has 0 aliphatic rings. The van der Waals surface area contributed by atoms with Crippen LogP contribution in [0, 0.1) is 10.1 Å². The molecule has 0 saturated heterocycles. The van der Waals surface area contributed by atoms with E-state index in [0.29, 0.717) is 22.4 Å². The van der Waals surface area contributed by atoms with Crippen LogP contribution in [0.3, 0.4) is 0 Å². The zero-order valence-electron chi connectivity index (χ0n) is 11.9. The Labute approximate surface area is 128 Å². The van der Waals surface area contributed by atoms with Crippen molar-refractivity contribution in [2.45, 2.75) is 26.3 Å². The molecule has 0 aliphatic heterocycles. The second-order valence-corrected chi connectivity index (χ2v) is 5.26. The molecule has 0 aliphatic carbocycles. The van der Waals surface area contributed by atoms with Crippen molar-refractivity contribution in [3.63, 3.8) is 0 Å². The van der Waals surface area contributed by atoms with Crippen LogP contribution in [0.5, 0.6) is 0 Å². The van der Waals surface area contributed by atoms with Gasteiger partial charge in [0.15, 0.2) is 0 Å². The van der Waals surface area contributed by atoms with Gasteiger partial charge in [0, 0.05) is 30.2 Å². The molecule has 112 valence electrons. The molecule has 1 aromatic heterocycles. The molecule has 21 heavy (non-hydrogen) atoms. The topological polar surface area (TPSA) is 68.3 Å². The van der Waals surface area contributed by atoms with Gasteiger partial charge >= 0.3 is 0 Å². The number of benzene rings is 1. The Bertz CT molecular complexity index is 640. The Morgan fingerprint density at radius 2 is 2.14 bits per heavy atom. The molecule has 0 saturated carbocycles. The van der Waals surface area contributed by atoms with E-state index in [1.807, 2.05) is 12.1 Å². The fraction of sp³-hybridized carbons (Fsp3) is 0.333. The van der Waals surface area contributed by atoms with Crippen LogP contribution in [0.15, 0.2) is 34.7 Å². The van der Waals surface area contributed by atoms with Crippen LogP contribution in [-0.2, 0) is 6.42 Å². The quantitative estimate of drug-likeness (QED) is 0.645. The second-order valence-electron chi connectivity index (χ2n) is 4.85. The maximum Gasteiger partial charge on any atom is 0.270 e. The minimum absolute atomic E-state index is 0.0312. The van der Waals surface area contributed by atoms with E-state index in [9.17, 15) is 10.1 Å². The molecule has 1 aromatic carbocycles. The summed E-state index contributed by atoms with van der Waals surface area (Å²) in [4.78, 5) is 10.2. The Morgan fingerprint density at radius 1 is 1.38 bits per heavy atom. The molecule has 0 bridgehead atoms. The van der Waals surface area contributed by atoms with Gasteiger partial charge in [-0.15, -0.1) is 0 Å². The molecule has 0 amide bonds. The third-order valence-corrected chi connectivity index (χ3v) is 3.46. The lowest BCUT2D eigenvalue weighted by Gasteiger charge is -2.09. The zero-order chi connectivity index (χ0) is 15.4. The lowest BCUT2D eigenvalue weighted by atomic mass is 10.1. The number of halogens is 1. The van der Waals surface area contributed by atoms with Crippen LogP contribution in [-0.4, -0.2) is 17.5 Å². The standard InChI is InChI=1S/C15H17ClN2O3/c1-3-17-10(2)8-12-5-7-15(21-12)13-6-4-11(18(19)20)9-14(13)16/h4-7,9-10,17H,3,8H2,1-2H3. The summed E-state index contributed by atoms with van der Waals surface area (Å²) in [5, 5.41) is 14.3. The van der Waals surface area contributed by atoms with E-state index in [1.165, 1.54) is 12.1 Å². The molecular formula is C15H17ClN2O3. The molecule has 2 rings (SSSR count). The van der Waals surface area contributed by atoms with Gasteiger partial charge in [0.05, 0.1) is 9.95 Å². The fourth-order valence-electron chi connectivity index (χ4n) is 2.17. The summed E-state index contributed by atoms with van der Waals surface area (Å²) in [6.45, 7) is 5.05. The van der Waals surface area contributed by atoms with Crippen molar-refractivity contribution < 1.29 is 9.34 Å². The molecule has 1 unspecified atom stereocenters. The Hall–Kier alpha value is -1.85. The van der Waals surface area contributed by atoms with Crippen molar-refractivity contribution >= 4 is 17.3 Å². The van der Waals surface area contributed by atoms with E-state index in [2.05, 4.69) is 19.2 Å². The van der Waals surface area contributed by atoms with Gasteiger partial charge in [-0.05, 0) is 31.7 Å². The minimum atomic E-state index is -0.471. The molecule has 0 fully saturated rings. The Kier molecular flexibility index (Phi) is 4.98. The van der Waals surface area contributed by atoms with Crippen LogP contribution < -0.4 is 5.32 Å². The van der Waals surface area contributed by atoms with Crippen LogP contribution >= 0.6 is 11.6 Å². The van der Waals surface area contributed by atoms with E-state index >= 15 is 0 Å². The first kappa shape index (κ1) is 15.5. The SMILES string of the molecule is CCNC(C)Cc1ccc(-c2ccc([N+](=O)[O-])cc2Cl)o1. The normalized spacial score (nSPS) is 12.3. The summed E-state index contributed by atoms with van der Waals surface area (Å²) >= 11 is 6.10. The van der Waals surface area contributed by atoms with E-state index < -0.39 is 4.92 Å². The van der Waals surface area contributed by atoms with Crippen molar-refractivity contribution in [3.8, 4) is 11.3 Å². The van der Waals surface area contributed by atoms with Gasteiger partial charge in [-0.25, -0.2) is 0 Å². The van der Waals surface area contributed by atoms with Crippen LogP contribution in [0.1, 0.15) is 19.6 Å². The van der Waals surface area contributed by atoms with Gasteiger partial charge in [-0.1, -0.05) is 18.5 Å². The Balaban J connectivity index is 2.19. The number of likely N-dealkylation sites (N-methyl/N-ethyl adjacent to an activating group) is 1. The molecule has 1 atom stereocenters. The maximum atomic E-state index is 10.7. The number of nitrogens with one attached hydrogen (secondary N) is 1. The summed E-state index contributed by atoms with van der Waals surface area (Å²) in [7, 11) is 0.